The van der Waals surface area contributed by atoms with Crippen molar-refractivity contribution in [2.75, 3.05) is 13.1 Å². The largest absolute Gasteiger partial charge is 0.372 e. The van der Waals surface area contributed by atoms with E-state index in [1.165, 1.54) is 0 Å². The number of allylic oxidation sites excluding steroid dienone is 2. The summed E-state index contributed by atoms with van der Waals surface area (Å²) >= 11 is 0. The second-order valence-electron chi connectivity index (χ2n) is 6.88. The van der Waals surface area contributed by atoms with Crippen LogP contribution in [0.5, 0.6) is 0 Å². The smallest absolute Gasteiger partial charge is 0.256 e. The van der Waals surface area contributed by atoms with E-state index in [1.54, 1.807) is 10.9 Å². The Hall–Kier alpha value is -3.41. The highest BCUT2D eigenvalue weighted by molar-refractivity contribution is 6.08. The van der Waals surface area contributed by atoms with Crippen molar-refractivity contribution in [3.05, 3.63) is 84.0 Å². The summed E-state index contributed by atoms with van der Waals surface area (Å²) in [5.41, 5.74) is 2.69. The molecule has 4 rings (SSSR count). The minimum atomic E-state index is -0.0819. The van der Waals surface area contributed by atoms with Crippen molar-refractivity contribution in [1.29, 1.82) is 0 Å². The monoisotopic (exact) mass is 373 g/mol. The van der Waals surface area contributed by atoms with Crippen molar-refractivity contribution < 1.29 is 4.79 Å². The standard InChI is InChI=1S/C22H23N5O/c1-2-12-26-13-5-6-18(16-26)24-22(28)21-10-9-17(15-27-14-11-23-25-27)19-7-3-4-8-20(19)21/h3-11,13-14H,2,12,15-16H2,1H3,(H,24,28). The van der Waals surface area contributed by atoms with Crippen LogP contribution in [0.2, 0.25) is 0 Å². The van der Waals surface area contributed by atoms with Gasteiger partial charge < -0.3 is 10.2 Å². The van der Waals surface area contributed by atoms with Crippen molar-refractivity contribution in [3.63, 3.8) is 0 Å². The summed E-state index contributed by atoms with van der Waals surface area (Å²) in [4.78, 5) is 15.2. The summed E-state index contributed by atoms with van der Waals surface area (Å²) in [6, 6.07) is 11.9. The van der Waals surface area contributed by atoms with Gasteiger partial charge in [-0.2, -0.15) is 0 Å². The number of benzene rings is 2. The Labute approximate surface area is 164 Å². The number of aromatic nitrogens is 3. The van der Waals surface area contributed by atoms with Gasteiger partial charge in [-0.25, -0.2) is 4.68 Å². The Bertz CT molecular complexity index is 1040. The van der Waals surface area contributed by atoms with E-state index in [0.29, 0.717) is 12.1 Å². The van der Waals surface area contributed by atoms with Gasteiger partial charge in [-0.3, -0.25) is 4.79 Å². The van der Waals surface area contributed by atoms with E-state index < -0.39 is 0 Å². The lowest BCUT2D eigenvalue weighted by Gasteiger charge is -2.24. The Morgan fingerprint density at radius 3 is 2.82 bits per heavy atom. The topological polar surface area (TPSA) is 63.1 Å². The van der Waals surface area contributed by atoms with Gasteiger partial charge in [0.15, 0.2) is 0 Å². The third kappa shape index (κ3) is 3.81. The van der Waals surface area contributed by atoms with E-state index in [1.807, 2.05) is 54.7 Å². The highest BCUT2D eigenvalue weighted by Crippen LogP contribution is 2.24. The van der Waals surface area contributed by atoms with Crippen LogP contribution in [0.25, 0.3) is 10.8 Å². The first-order valence-electron chi connectivity index (χ1n) is 9.52. The van der Waals surface area contributed by atoms with Gasteiger partial charge in [0.25, 0.3) is 5.91 Å². The molecule has 1 N–H and O–H groups in total. The van der Waals surface area contributed by atoms with Gasteiger partial charge in [0.05, 0.1) is 19.3 Å². The minimum absolute atomic E-state index is 0.0819. The van der Waals surface area contributed by atoms with Crippen LogP contribution in [-0.2, 0) is 6.54 Å². The zero-order valence-corrected chi connectivity index (χ0v) is 15.9. The highest BCUT2D eigenvalue weighted by Gasteiger charge is 2.15. The Balaban J connectivity index is 1.59. The summed E-state index contributed by atoms with van der Waals surface area (Å²) in [5.74, 6) is -0.0819. The summed E-state index contributed by atoms with van der Waals surface area (Å²) < 4.78 is 1.78. The summed E-state index contributed by atoms with van der Waals surface area (Å²) in [6.07, 6.45) is 10.6. The number of hydrogen-bond acceptors (Lipinski definition) is 4. The van der Waals surface area contributed by atoms with Gasteiger partial charge >= 0.3 is 0 Å². The Morgan fingerprint density at radius 1 is 1.18 bits per heavy atom. The normalized spacial score (nSPS) is 13.6. The number of amides is 1. The molecule has 0 fully saturated rings. The van der Waals surface area contributed by atoms with E-state index >= 15 is 0 Å². The minimum Gasteiger partial charge on any atom is -0.372 e. The molecule has 28 heavy (non-hydrogen) atoms. The molecule has 0 bridgehead atoms. The molecule has 1 aliphatic heterocycles. The quantitative estimate of drug-likeness (QED) is 0.720. The number of nitrogens with one attached hydrogen (secondary N) is 1. The maximum Gasteiger partial charge on any atom is 0.256 e. The number of carbonyl (C=O) groups excluding carboxylic acids is 1. The number of fused-ring (bicyclic) bond motifs is 1. The molecular formula is C22H23N5O. The molecule has 142 valence electrons. The molecular weight excluding hydrogens is 350 g/mol. The molecule has 0 saturated heterocycles. The molecule has 0 atom stereocenters. The first-order chi connectivity index (χ1) is 13.7. The fourth-order valence-corrected chi connectivity index (χ4v) is 3.53. The molecule has 1 amide bonds. The average Bonchev–Trinajstić information content (AvgIpc) is 3.22. The number of rotatable bonds is 6. The van der Waals surface area contributed by atoms with Crippen LogP contribution < -0.4 is 5.32 Å². The van der Waals surface area contributed by atoms with Crippen LogP contribution in [0.15, 0.2) is 72.8 Å². The van der Waals surface area contributed by atoms with Crippen molar-refractivity contribution in [2.24, 2.45) is 0 Å². The van der Waals surface area contributed by atoms with Crippen molar-refractivity contribution in [3.8, 4) is 0 Å². The lowest BCUT2D eigenvalue weighted by atomic mass is 9.99. The lowest BCUT2D eigenvalue weighted by molar-refractivity contribution is 0.0964. The van der Waals surface area contributed by atoms with Crippen molar-refractivity contribution in [2.45, 2.75) is 19.9 Å². The predicted molar refractivity (Wildman–Crippen MR) is 110 cm³/mol. The third-order valence-corrected chi connectivity index (χ3v) is 4.82. The zero-order chi connectivity index (χ0) is 19.3. The molecule has 6 nitrogen and oxygen atoms in total. The van der Waals surface area contributed by atoms with Crippen LogP contribution in [0.4, 0.5) is 0 Å². The van der Waals surface area contributed by atoms with Gasteiger partial charge in [0.1, 0.15) is 0 Å². The van der Waals surface area contributed by atoms with E-state index in [-0.39, 0.29) is 5.91 Å². The number of nitrogens with zero attached hydrogens (tertiary/aromatic N) is 4. The van der Waals surface area contributed by atoms with Crippen molar-refractivity contribution >= 4 is 16.7 Å². The molecule has 6 heteroatoms. The maximum absolute atomic E-state index is 13.0. The predicted octanol–water partition coefficient (Wildman–Crippen LogP) is 3.33. The average molecular weight is 373 g/mol. The molecule has 0 aliphatic carbocycles. The number of carbonyl (C=O) groups is 1. The van der Waals surface area contributed by atoms with E-state index in [4.69, 9.17) is 0 Å². The summed E-state index contributed by atoms with van der Waals surface area (Å²) in [7, 11) is 0. The van der Waals surface area contributed by atoms with Crippen LogP contribution in [0, 0.1) is 0 Å². The summed E-state index contributed by atoms with van der Waals surface area (Å²) in [6.45, 7) is 4.46. The Morgan fingerprint density at radius 2 is 2.04 bits per heavy atom. The van der Waals surface area contributed by atoms with E-state index in [2.05, 4.69) is 33.7 Å². The first kappa shape index (κ1) is 18.0. The van der Waals surface area contributed by atoms with Crippen LogP contribution in [0.1, 0.15) is 29.3 Å². The number of hydrogen-bond donors (Lipinski definition) is 1. The molecule has 0 spiro atoms. The lowest BCUT2D eigenvalue weighted by Crippen LogP contribution is -2.32. The molecule has 0 unspecified atom stereocenters. The molecule has 0 radical (unpaired) electrons. The fourth-order valence-electron chi connectivity index (χ4n) is 3.53. The van der Waals surface area contributed by atoms with Crippen LogP contribution in [0.3, 0.4) is 0 Å². The van der Waals surface area contributed by atoms with Crippen LogP contribution in [-0.4, -0.2) is 38.9 Å². The van der Waals surface area contributed by atoms with Crippen LogP contribution >= 0.6 is 0 Å². The van der Waals surface area contributed by atoms with E-state index in [0.717, 1.165) is 41.5 Å². The SMILES string of the molecule is CCCN1C=CC=C(NC(=O)c2ccc(Cn3ccnn3)c3ccccc23)C1. The second-order valence-corrected chi connectivity index (χ2v) is 6.88. The van der Waals surface area contributed by atoms with Gasteiger partial charge in [-0.1, -0.05) is 42.5 Å². The molecule has 1 aromatic heterocycles. The first-order valence-corrected chi connectivity index (χ1v) is 9.52. The highest BCUT2D eigenvalue weighted by atomic mass is 16.1. The van der Waals surface area contributed by atoms with Gasteiger partial charge in [-0.05, 0) is 47.2 Å². The molecule has 3 aromatic rings. The van der Waals surface area contributed by atoms with Gasteiger partial charge in [-0.15, -0.1) is 5.10 Å². The van der Waals surface area contributed by atoms with Crippen molar-refractivity contribution in [1.82, 2.24) is 25.2 Å². The molecule has 2 aromatic carbocycles. The molecule has 0 saturated carbocycles. The third-order valence-electron chi connectivity index (χ3n) is 4.82. The maximum atomic E-state index is 13.0. The second kappa shape index (κ2) is 8.08. The molecule has 1 aliphatic rings. The van der Waals surface area contributed by atoms with Gasteiger partial charge in [0.2, 0.25) is 0 Å². The zero-order valence-electron chi connectivity index (χ0n) is 15.9. The van der Waals surface area contributed by atoms with E-state index in [9.17, 15) is 4.79 Å². The summed E-state index contributed by atoms with van der Waals surface area (Å²) in [5, 5.41) is 13.0. The van der Waals surface area contributed by atoms with Gasteiger partial charge in [0, 0.05) is 24.0 Å². The Kier molecular flexibility index (Phi) is 5.19. The fraction of sp³-hybridized carbons (Fsp3) is 0.227. The molecule has 2 heterocycles.